The third-order valence-electron chi connectivity index (χ3n) is 5.90. The van der Waals surface area contributed by atoms with Gasteiger partial charge in [-0.25, -0.2) is 0 Å². The van der Waals surface area contributed by atoms with Crippen molar-refractivity contribution in [3.63, 3.8) is 0 Å². The van der Waals surface area contributed by atoms with E-state index >= 15 is 0 Å². The summed E-state index contributed by atoms with van der Waals surface area (Å²) in [5.74, 6) is 0.764. The van der Waals surface area contributed by atoms with Crippen LogP contribution in [-0.2, 0) is 17.8 Å². The third-order valence-corrected chi connectivity index (χ3v) is 6.93. The van der Waals surface area contributed by atoms with Crippen LogP contribution in [0.3, 0.4) is 0 Å². The van der Waals surface area contributed by atoms with Crippen molar-refractivity contribution < 1.29 is 4.79 Å². The number of amides is 1. The van der Waals surface area contributed by atoms with E-state index in [1.165, 1.54) is 41.8 Å². The van der Waals surface area contributed by atoms with Gasteiger partial charge in [0.05, 0.1) is 0 Å². The highest BCUT2D eigenvalue weighted by molar-refractivity contribution is 7.10. The highest BCUT2D eigenvalue weighted by atomic mass is 32.1. The molecule has 1 aliphatic heterocycles. The molecule has 1 saturated carbocycles. The number of anilines is 2. The number of nitrogens with zero attached hydrogens (tertiary/aromatic N) is 1. The summed E-state index contributed by atoms with van der Waals surface area (Å²) in [5.41, 5.74) is 6.06. The quantitative estimate of drug-likeness (QED) is 0.778. The first-order valence-electron chi connectivity index (χ1n) is 9.81. The topological polar surface area (TPSA) is 32.3 Å². The van der Waals surface area contributed by atoms with Crippen LogP contribution in [-0.4, -0.2) is 12.5 Å². The van der Waals surface area contributed by atoms with Crippen LogP contribution in [0.4, 0.5) is 11.4 Å². The summed E-state index contributed by atoms with van der Waals surface area (Å²) in [4.78, 5) is 16.4. The minimum absolute atomic E-state index is 0.178. The summed E-state index contributed by atoms with van der Waals surface area (Å²) in [6, 6.07) is 6.72. The third kappa shape index (κ3) is 3.66. The molecule has 1 N–H and O–H groups in total. The van der Waals surface area contributed by atoms with Gasteiger partial charge in [-0.15, -0.1) is 11.3 Å². The number of hydrogen-bond donors (Lipinski definition) is 1. The fraction of sp³-hybridized carbons (Fsp3) is 0.500. The van der Waals surface area contributed by atoms with Crippen LogP contribution >= 0.6 is 11.3 Å². The van der Waals surface area contributed by atoms with E-state index in [0.29, 0.717) is 12.3 Å². The van der Waals surface area contributed by atoms with Gasteiger partial charge >= 0.3 is 0 Å². The molecule has 0 radical (unpaired) electrons. The highest BCUT2D eigenvalue weighted by Gasteiger charge is 2.21. The van der Waals surface area contributed by atoms with Crippen LogP contribution in [0.15, 0.2) is 23.6 Å². The Morgan fingerprint density at radius 2 is 1.96 bits per heavy atom. The lowest BCUT2D eigenvalue weighted by Crippen LogP contribution is -2.29. The lowest BCUT2D eigenvalue weighted by molar-refractivity contribution is -0.117. The molecule has 26 heavy (non-hydrogen) atoms. The van der Waals surface area contributed by atoms with Crippen molar-refractivity contribution >= 4 is 28.6 Å². The number of carbonyl (C=O) groups is 1. The molecular formula is C22H28N2OS. The van der Waals surface area contributed by atoms with Crippen molar-refractivity contribution in [3.8, 4) is 0 Å². The maximum atomic E-state index is 12.4. The first-order chi connectivity index (χ1) is 12.6. The minimum Gasteiger partial charge on any atom is -0.367 e. The van der Waals surface area contributed by atoms with Gasteiger partial charge in [0.1, 0.15) is 0 Å². The van der Waals surface area contributed by atoms with E-state index in [1.54, 1.807) is 0 Å². The van der Waals surface area contributed by atoms with Gasteiger partial charge in [0.25, 0.3) is 0 Å². The summed E-state index contributed by atoms with van der Waals surface area (Å²) in [6.45, 7) is 6.29. The number of rotatable bonds is 4. The fourth-order valence-corrected chi connectivity index (χ4v) is 5.35. The maximum Gasteiger partial charge on any atom is 0.224 e. The Morgan fingerprint density at radius 1 is 1.23 bits per heavy atom. The second-order valence-corrected chi connectivity index (χ2v) is 8.90. The van der Waals surface area contributed by atoms with E-state index in [1.807, 2.05) is 11.3 Å². The van der Waals surface area contributed by atoms with Gasteiger partial charge in [0.15, 0.2) is 0 Å². The fourth-order valence-electron chi connectivity index (χ4n) is 4.46. The molecule has 1 aliphatic carbocycles. The van der Waals surface area contributed by atoms with Crippen molar-refractivity contribution in [1.82, 2.24) is 0 Å². The van der Waals surface area contributed by atoms with Crippen LogP contribution < -0.4 is 10.2 Å². The number of carbonyl (C=O) groups excluding carboxylic acids is 1. The van der Waals surface area contributed by atoms with Crippen LogP contribution in [0, 0.1) is 19.8 Å². The molecular weight excluding hydrogens is 340 g/mol. The monoisotopic (exact) mass is 368 g/mol. The molecule has 1 aromatic carbocycles. The average Bonchev–Trinajstić information content (AvgIpc) is 3.28. The molecule has 138 valence electrons. The lowest BCUT2D eigenvalue weighted by Gasteiger charge is -2.30. The molecule has 4 heteroatoms. The number of thiophene rings is 1. The molecule has 0 saturated heterocycles. The van der Waals surface area contributed by atoms with E-state index < -0.39 is 0 Å². The predicted molar refractivity (Wildman–Crippen MR) is 110 cm³/mol. The second kappa shape index (κ2) is 7.43. The number of aryl methyl sites for hydroxylation is 2. The Morgan fingerprint density at radius 3 is 2.69 bits per heavy atom. The summed E-state index contributed by atoms with van der Waals surface area (Å²) in [5, 5.41) is 5.39. The largest absolute Gasteiger partial charge is 0.367 e. The molecule has 2 heterocycles. The average molecular weight is 369 g/mol. The Bertz CT molecular complexity index is 781. The number of nitrogens with one attached hydrogen (secondary N) is 1. The van der Waals surface area contributed by atoms with E-state index in [9.17, 15) is 4.79 Å². The number of benzene rings is 1. The Kier molecular flexibility index (Phi) is 5.03. The minimum atomic E-state index is 0.178. The van der Waals surface area contributed by atoms with Crippen molar-refractivity contribution in [2.24, 2.45) is 5.92 Å². The molecule has 0 spiro atoms. The van der Waals surface area contributed by atoms with E-state index in [0.717, 1.165) is 36.3 Å². The number of hydrogen-bond acceptors (Lipinski definition) is 3. The first-order valence-corrected chi connectivity index (χ1v) is 10.7. The van der Waals surface area contributed by atoms with Crippen LogP contribution in [0.1, 0.15) is 53.7 Å². The molecule has 2 aliphatic rings. The summed E-state index contributed by atoms with van der Waals surface area (Å²) < 4.78 is 0. The molecule has 1 aromatic heterocycles. The van der Waals surface area contributed by atoms with Crippen molar-refractivity contribution in [2.45, 2.75) is 58.9 Å². The van der Waals surface area contributed by atoms with Gasteiger partial charge < -0.3 is 10.2 Å². The zero-order valence-corrected chi connectivity index (χ0v) is 16.6. The summed E-state index contributed by atoms with van der Waals surface area (Å²) in [6.07, 6.45) is 6.80. The molecule has 1 fully saturated rings. The smallest absolute Gasteiger partial charge is 0.224 e. The summed E-state index contributed by atoms with van der Waals surface area (Å²) in [7, 11) is 0. The van der Waals surface area contributed by atoms with Gasteiger partial charge in [0.2, 0.25) is 5.91 Å². The molecule has 1 amide bonds. The van der Waals surface area contributed by atoms with Gasteiger partial charge in [-0.2, -0.15) is 0 Å². The zero-order chi connectivity index (χ0) is 18.1. The van der Waals surface area contributed by atoms with Crippen molar-refractivity contribution in [3.05, 3.63) is 45.1 Å². The normalized spacial score (nSPS) is 17.4. The van der Waals surface area contributed by atoms with Crippen LogP contribution in [0.2, 0.25) is 0 Å². The molecule has 0 bridgehead atoms. The SMILES string of the molecule is Cc1cc(N2CCc3sccc3C2)cc(C)c1NC(=O)CC1CCCC1. The molecule has 3 nitrogen and oxygen atoms in total. The van der Waals surface area contributed by atoms with Gasteiger partial charge in [-0.05, 0) is 79.3 Å². The van der Waals surface area contributed by atoms with Crippen molar-refractivity contribution in [2.75, 3.05) is 16.8 Å². The Hall–Kier alpha value is -1.81. The van der Waals surface area contributed by atoms with Crippen LogP contribution in [0.5, 0.6) is 0 Å². The molecule has 0 unspecified atom stereocenters. The van der Waals surface area contributed by atoms with E-state index in [2.05, 4.69) is 47.6 Å². The molecule has 0 atom stereocenters. The number of fused-ring (bicyclic) bond motifs is 1. The summed E-state index contributed by atoms with van der Waals surface area (Å²) >= 11 is 1.88. The Labute approximate surface area is 160 Å². The van der Waals surface area contributed by atoms with Gasteiger partial charge in [0, 0.05) is 35.8 Å². The van der Waals surface area contributed by atoms with Crippen LogP contribution in [0.25, 0.3) is 0 Å². The van der Waals surface area contributed by atoms with E-state index in [4.69, 9.17) is 0 Å². The van der Waals surface area contributed by atoms with Crippen molar-refractivity contribution in [1.29, 1.82) is 0 Å². The predicted octanol–water partition coefficient (Wildman–Crippen LogP) is 5.45. The molecule has 2 aromatic rings. The maximum absolute atomic E-state index is 12.4. The zero-order valence-electron chi connectivity index (χ0n) is 15.8. The molecule has 4 rings (SSSR count). The van der Waals surface area contributed by atoms with Gasteiger partial charge in [-0.3, -0.25) is 4.79 Å². The Balaban J connectivity index is 1.47. The standard InChI is InChI=1S/C22H28N2OS/c1-15-11-19(24-9-7-20-18(14-24)8-10-26-20)12-16(2)22(15)23-21(25)13-17-5-3-4-6-17/h8,10-12,17H,3-7,9,13-14H2,1-2H3,(H,23,25). The lowest BCUT2D eigenvalue weighted by atomic mass is 10.0. The highest BCUT2D eigenvalue weighted by Crippen LogP contribution is 2.33. The first kappa shape index (κ1) is 17.6. The van der Waals surface area contributed by atoms with Gasteiger partial charge in [-0.1, -0.05) is 12.8 Å². The van der Waals surface area contributed by atoms with E-state index in [-0.39, 0.29) is 5.91 Å². The second-order valence-electron chi connectivity index (χ2n) is 7.90.